The highest BCUT2D eigenvalue weighted by atomic mass is 32.1. The topological polar surface area (TPSA) is 515 Å². The van der Waals surface area contributed by atoms with Crippen LogP contribution in [0.25, 0.3) is 33.5 Å². The van der Waals surface area contributed by atoms with E-state index in [4.69, 9.17) is 52.7 Å². The molecule has 15 rings (SSSR count). The lowest BCUT2D eigenvalue weighted by atomic mass is 9.39. The number of aliphatic carboxylic acids is 2. The number of aromatic nitrogens is 4. The first-order chi connectivity index (χ1) is 62.3. The van der Waals surface area contributed by atoms with Crippen LogP contribution in [0.1, 0.15) is 120 Å². The van der Waals surface area contributed by atoms with Gasteiger partial charge in [-0.2, -0.15) is 5.10 Å². The standard InChI is InChI=1S/C91H110N12O26S/c1-52-58(56-20-24-67(98-70(56)80(113)114)101-34-27-55-59(44-101)57(19-23-63(55)122-5)79(112)99-85-97-60-15-6-7-16-66(60)130-85)43-96-103(52)51-90-46-88(2)45-89(3,47-90)49-91(48-88,50-90)125-40-36-100(35-39-121-4)87(120)124-38-9-14-54-18-22-65(127-84-76(111)72(107)74(109)78(129-84)82(117)118)62(42-54)94-31-11-32-95-86(119)123-37-8-13-53-17-21-64(126-83-75(110)71(106)73(108)77(128-83)81(115)116)61(41-53)93-30-10-28-92-29-12-33-102-68(104)25-26-69(102)105/h6-9,13-26,41-43,71-78,83-84,92-94,106-111H,10-12,27-40,44-51H2,1-5H3,(H,95,119)(H,113,114)(H,115,116)(H,117,118)(H,97,99,112)/b13-8+,14-9+/t71-,72-,73-,74-,75+,76+,77-,78-,83+,84+,88?,89?,90?,91?/m0/s1. The summed E-state index contributed by atoms with van der Waals surface area (Å²) in [5.41, 5.74) is 5.49. The van der Waals surface area contributed by atoms with Crippen molar-refractivity contribution in [3.63, 3.8) is 0 Å². The van der Waals surface area contributed by atoms with Crippen molar-refractivity contribution in [1.29, 1.82) is 0 Å². The normalized spacial score (nSPS) is 25.6. The second kappa shape index (κ2) is 41.2. The van der Waals surface area contributed by atoms with E-state index in [1.807, 2.05) is 46.8 Å². The number of carbonyl (C=O) groups excluding carboxylic acids is 5. The SMILES string of the molecule is COCCN(CCOC12CC3(C)CC(C)(CC(Cn4ncc(-c5ccc(N6CCc7c(OC)ccc(C(=O)Nc8nc9ccccc9s8)c7C6)nc5C(=O)O)c4C)(C3)C1)C2)C(=O)OC/C=C/c1ccc(O[C@@H]2O[C@H](C(=O)O)[C@@H](O)[C@H](O)[C@H]2O)c(NCCCNC(=O)OC/C=C/c2ccc(O[C@@H]3O[C@H](C(=O)O)[C@@H](O)[C@H](O)[C@H]3O)c(NCCCNCCCN3C(=O)C=CC3=O)c2)c1. The van der Waals surface area contributed by atoms with E-state index in [1.54, 1.807) is 85.0 Å². The third kappa shape index (κ3) is 22.0. The zero-order chi connectivity index (χ0) is 92.3. The molecule has 2 unspecified atom stereocenters. The molecule has 0 radical (unpaired) electrons. The van der Waals surface area contributed by atoms with Crippen LogP contribution in [-0.2, 0) is 67.1 Å². The molecule has 14 N–H and O–H groups in total. The number of carbonyl (C=O) groups is 8. The summed E-state index contributed by atoms with van der Waals surface area (Å²) >= 11 is 1.38. The zero-order valence-electron chi connectivity index (χ0n) is 72.6. The maximum Gasteiger partial charge on any atom is 0.410 e. The Bertz CT molecular complexity index is 5340. The van der Waals surface area contributed by atoms with Crippen molar-refractivity contribution in [1.82, 2.24) is 40.2 Å². The van der Waals surface area contributed by atoms with Gasteiger partial charge in [-0.15, -0.1) is 0 Å². The van der Waals surface area contributed by atoms with Gasteiger partial charge in [-0.3, -0.25) is 29.3 Å². The maximum absolute atomic E-state index is 14.0. The van der Waals surface area contributed by atoms with E-state index in [0.717, 1.165) is 70.5 Å². The predicted molar refractivity (Wildman–Crippen MR) is 472 cm³/mol. The van der Waals surface area contributed by atoms with Crippen LogP contribution in [0, 0.1) is 23.2 Å². The minimum atomic E-state index is -1.98. The summed E-state index contributed by atoms with van der Waals surface area (Å²) < 4.78 is 55.2. The van der Waals surface area contributed by atoms with Crippen molar-refractivity contribution >= 4 is 104 Å². The Morgan fingerprint density at radius 2 is 1.25 bits per heavy atom. The number of aliphatic hydroxyl groups excluding tert-OH is 6. The summed E-state index contributed by atoms with van der Waals surface area (Å²) in [5, 5.41) is 114. The molecule has 0 spiro atoms. The minimum absolute atomic E-state index is 0.0363. The largest absolute Gasteiger partial charge is 0.496 e. The summed E-state index contributed by atoms with van der Waals surface area (Å²) in [6, 6.07) is 24.3. The van der Waals surface area contributed by atoms with Crippen LogP contribution >= 0.6 is 11.3 Å². The van der Waals surface area contributed by atoms with Gasteiger partial charge in [-0.05, 0) is 190 Å². The van der Waals surface area contributed by atoms with Crippen LogP contribution in [0.4, 0.5) is 31.9 Å². The number of alkyl carbamates (subject to hydrolysis) is 1. The molecule has 4 aliphatic carbocycles. The average molecular weight is 1820 g/mol. The molecule has 696 valence electrons. The molecule has 12 atom stereocenters. The molecule has 130 heavy (non-hydrogen) atoms. The second-order valence-electron chi connectivity index (χ2n) is 34.7. The third-order valence-electron chi connectivity index (χ3n) is 24.7. The summed E-state index contributed by atoms with van der Waals surface area (Å²) in [6.07, 6.45) is -2.34. The number of fused-ring (bicyclic) bond motifs is 2. The molecule has 4 saturated carbocycles. The molecule has 4 aromatic carbocycles. The van der Waals surface area contributed by atoms with Crippen LogP contribution in [0.15, 0.2) is 115 Å². The van der Waals surface area contributed by atoms with Gasteiger partial charge in [0.15, 0.2) is 23.0 Å². The first-order valence-electron chi connectivity index (χ1n) is 43.2. The third-order valence-corrected chi connectivity index (χ3v) is 25.6. The van der Waals surface area contributed by atoms with E-state index in [2.05, 4.69) is 45.4 Å². The Labute approximate surface area is 752 Å². The average Bonchev–Trinajstić information content (AvgIpc) is 0.819. The van der Waals surface area contributed by atoms with E-state index in [-0.39, 0.29) is 123 Å². The van der Waals surface area contributed by atoms with Gasteiger partial charge in [0.1, 0.15) is 72.9 Å². The number of pyridine rings is 1. The van der Waals surface area contributed by atoms with Crippen molar-refractivity contribution in [3.05, 3.63) is 155 Å². The second-order valence-corrected chi connectivity index (χ2v) is 35.7. The molecule has 38 nitrogen and oxygen atoms in total. The molecule has 6 fully saturated rings. The van der Waals surface area contributed by atoms with Gasteiger partial charge >= 0.3 is 30.1 Å². The van der Waals surface area contributed by atoms with Gasteiger partial charge in [0, 0.05) is 106 Å². The summed E-state index contributed by atoms with van der Waals surface area (Å²) in [6.45, 7) is 10.4. The quantitative estimate of drug-likeness (QED) is 0.0138. The van der Waals surface area contributed by atoms with E-state index < -0.39 is 97.1 Å². The summed E-state index contributed by atoms with van der Waals surface area (Å²) in [4.78, 5) is 116. The predicted octanol–water partition coefficient (Wildman–Crippen LogP) is 6.81. The van der Waals surface area contributed by atoms with E-state index in [0.29, 0.717) is 109 Å². The first-order valence-corrected chi connectivity index (χ1v) is 44.0. The van der Waals surface area contributed by atoms with Crippen LogP contribution < -0.4 is 45.7 Å². The number of aliphatic hydroxyl groups is 6. The fourth-order valence-corrected chi connectivity index (χ4v) is 20.6. The highest BCUT2D eigenvalue weighted by molar-refractivity contribution is 7.22. The van der Waals surface area contributed by atoms with Crippen molar-refractivity contribution < 1.29 is 127 Å². The Morgan fingerprint density at radius 3 is 1.87 bits per heavy atom. The Hall–Kier alpha value is -11.7. The summed E-state index contributed by atoms with van der Waals surface area (Å²) in [5.74, 6) is -4.21. The number of ether oxygens (including phenoxy) is 9. The number of methoxy groups -OCH3 is 2. The van der Waals surface area contributed by atoms with Crippen molar-refractivity contribution in [2.24, 2.45) is 16.2 Å². The number of para-hydroxylation sites is 1. The summed E-state index contributed by atoms with van der Waals surface area (Å²) in [7, 11) is 3.13. The number of imide groups is 1. The van der Waals surface area contributed by atoms with Crippen molar-refractivity contribution in [2.45, 2.75) is 165 Å². The zero-order valence-corrected chi connectivity index (χ0v) is 73.4. The lowest BCUT2D eigenvalue weighted by Crippen LogP contribution is -2.64. The molecule has 7 aromatic rings. The molecule has 3 aromatic heterocycles. The molecular formula is C91H110N12O26S. The fourth-order valence-electron chi connectivity index (χ4n) is 19.7. The van der Waals surface area contributed by atoms with Gasteiger partial charge in [-0.25, -0.2) is 33.9 Å². The monoisotopic (exact) mass is 1820 g/mol. The number of thiazole rings is 1. The van der Waals surface area contributed by atoms with Crippen molar-refractivity contribution in [2.75, 3.05) is 120 Å². The van der Waals surface area contributed by atoms with Crippen molar-refractivity contribution in [3.8, 4) is 28.4 Å². The highest BCUT2D eigenvalue weighted by Crippen LogP contribution is 2.72. The molecule has 5 amide bonds. The molecular weight excluding hydrogens is 1710 g/mol. The fraction of sp³-hybridized carbons (Fsp3) is 0.484. The van der Waals surface area contributed by atoms with Gasteiger partial charge < -0.3 is 120 Å². The lowest BCUT2D eigenvalue weighted by molar-refractivity contribution is -0.271. The minimum Gasteiger partial charge on any atom is -0.496 e. The lowest BCUT2D eigenvalue weighted by Gasteiger charge is -2.69. The van der Waals surface area contributed by atoms with E-state index >= 15 is 0 Å². The number of nitrogens with one attached hydrogen (secondary N) is 5. The Kier molecular flexibility index (Phi) is 29.9. The van der Waals surface area contributed by atoms with Gasteiger partial charge in [-0.1, -0.05) is 61.6 Å². The van der Waals surface area contributed by atoms with Gasteiger partial charge in [0.25, 0.3) is 17.7 Å². The van der Waals surface area contributed by atoms with Crippen LogP contribution in [0.5, 0.6) is 17.2 Å². The number of aromatic carboxylic acids is 1. The number of hydrogen-bond donors (Lipinski definition) is 14. The number of anilines is 4. The van der Waals surface area contributed by atoms with E-state index in [1.165, 1.54) is 42.7 Å². The van der Waals surface area contributed by atoms with Crippen LogP contribution in [0.3, 0.4) is 0 Å². The van der Waals surface area contributed by atoms with Gasteiger partial charge in [0.05, 0.1) is 53.7 Å². The molecule has 2 saturated heterocycles. The van der Waals surface area contributed by atoms with E-state index in [9.17, 15) is 84.3 Å². The number of nitrogens with zero attached hydrogens (tertiary/aromatic N) is 7. The number of hydrogen-bond acceptors (Lipinski definition) is 31. The molecule has 8 aliphatic rings. The Morgan fingerprint density at radius 1 is 0.646 bits per heavy atom. The number of carboxylic acid groups (broad SMARTS) is 3. The number of rotatable bonds is 41. The Balaban J connectivity index is 0.573. The molecule has 7 heterocycles. The highest BCUT2D eigenvalue weighted by Gasteiger charge is 2.66. The van der Waals surface area contributed by atoms with Crippen LogP contribution in [0.2, 0.25) is 0 Å². The molecule has 4 aliphatic heterocycles. The molecule has 39 heteroatoms. The van der Waals surface area contributed by atoms with Crippen LogP contribution in [-0.4, -0.2) is 290 Å². The number of benzene rings is 4. The number of carboxylic acids is 3. The smallest absolute Gasteiger partial charge is 0.410 e. The maximum atomic E-state index is 14.0. The number of amides is 5. The molecule has 4 bridgehead atoms. The van der Waals surface area contributed by atoms with Gasteiger partial charge in [0.2, 0.25) is 12.6 Å². The first kappa shape index (κ1) is 94.4.